The van der Waals surface area contributed by atoms with Crippen molar-refractivity contribution in [3.05, 3.63) is 102 Å². The molecule has 2 aromatic heterocycles. The van der Waals surface area contributed by atoms with Crippen LogP contribution in [0.4, 0.5) is 85.1 Å². The molecule has 7 aromatic rings. The molecule has 0 atom stereocenters. The summed E-state index contributed by atoms with van der Waals surface area (Å²) in [5, 5.41) is 39.4. The number of hydrogen-bond acceptors (Lipinski definition) is 32. The van der Waals surface area contributed by atoms with Gasteiger partial charge in [0.05, 0.1) is 53.6 Å². The van der Waals surface area contributed by atoms with Gasteiger partial charge in [0.15, 0.2) is 0 Å². The Balaban J connectivity index is 0.00000427. The van der Waals surface area contributed by atoms with Crippen LogP contribution in [0.3, 0.4) is 0 Å². The molecule has 5 aromatic carbocycles. The van der Waals surface area contributed by atoms with Crippen LogP contribution in [0.2, 0.25) is 5.28 Å². The molecule has 0 bridgehead atoms. The number of nitrogens with zero attached hydrogens (tertiary/aromatic N) is 10. The minimum atomic E-state index is -5.52. The zero-order valence-electron chi connectivity index (χ0n) is 40.7. The standard InChI is InChI=1S/C36H28ClFN16O15S5.5Na/c37-31-45-33(41-16-4-3-5-19(12-16)71(56,57)58)49-34(46-31)42-18-9-11-26(73(62,63)64)22(14-18)52-53-23-15-27(74(65,66)67)29(40)30(28(23)39)54-51-21-13-17(8-10-24(21)70-69-68-55)43-35-47-32(38)48-36(50-35)44-20-6-1-2-7-25(20)72(59,60)61;;;;;/h1-15,55H,39-40H2,(H,56,57,58)(H,59,60,61)(H,62,63,64)(H,65,66,67)(H2,41,42,45,46,49)(H2,43,44,47,48,50);;;;;/q;5*+1/p-5. The van der Waals surface area contributed by atoms with Crippen molar-refractivity contribution in [2.75, 3.05) is 32.7 Å². The fraction of sp³-hybridized carbons (Fsp3) is 0. The third kappa shape index (κ3) is 19.9. The van der Waals surface area contributed by atoms with E-state index in [9.17, 15) is 61.5 Å². The predicted molar refractivity (Wildman–Crippen MR) is 247 cm³/mol. The van der Waals surface area contributed by atoms with E-state index >= 15 is 0 Å². The van der Waals surface area contributed by atoms with Crippen LogP contribution in [0.1, 0.15) is 0 Å². The Hall–Kier alpha value is -2.79. The maximum Gasteiger partial charge on any atom is 1.00 e. The van der Waals surface area contributed by atoms with Gasteiger partial charge in [0.1, 0.15) is 63.2 Å². The van der Waals surface area contributed by atoms with Gasteiger partial charge in [-0.3, -0.25) is 5.04 Å². The Morgan fingerprint density at radius 1 is 0.519 bits per heavy atom. The topological polar surface area (TPSA) is 497 Å². The van der Waals surface area contributed by atoms with Crippen molar-refractivity contribution in [2.45, 2.75) is 24.5 Å². The van der Waals surface area contributed by atoms with E-state index in [-0.39, 0.29) is 205 Å². The molecule has 79 heavy (non-hydrogen) atoms. The monoisotopic (exact) mass is 1250 g/mol. The fourth-order valence-electron chi connectivity index (χ4n) is 5.90. The summed E-state index contributed by atoms with van der Waals surface area (Å²) in [5.74, 6) is -1.70. The van der Waals surface area contributed by atoms with Crippen LogP contribution >= 0.6 is 23.6 Å². The minimum absolute atomic E-state index is 0. The summed E-state index contributed by atoms with van der Waals surface area (Å²) >= 11 is 6.33. The van der Waals surface area contributed by atoms with Crippen LogP contribution in [0.5, 0.6) is 0 Å². The number of halogens is 2. The minimum Gasteiger partial charge on any atom is -0.744 e. The molecule has 0 unspecified atom stereocenters. The Kier molecular flexibility index (Phi) is 28.1. The van der Waals surface area contributed by atoms with Gasteiger partial charge in [-0.2, -0.15) is 38.6 Å². The number of aromatic nitrogens is 6. The average molecular weight is 1250 g/mol. The summed E-state index contributed by atoms with van der Waals surface area (Å²) in [5.41, 5.74) is 7.89. The van der Waals surface area contributed by atoms with E-state index in [0.717, 1.165) is 42.5 Å². The number of nitrogens with one attached hydrogen (secondary N) is 4. The van der Waals surface area contributed by atoms with Crippen molar-refractivity contribution in [3.8, 4) is 0 Å². The molecule has 0 spiro atoms. The van der Waals surface area contributed by atoms with E-state index in [2.05, 4.69) is 81.0 Å². The van der Waals surface area contributed by atoms with Crippen LogP contribution in [-0.4, -0.2) is 81.8 Å². The average Bonchev–Trinajstić information content (AvgIpc) is 3.29. The molecule has 31 nitrogen and oxygen atoms in total. The van der Waals surface area contributed by atoms with Crippen LogP contribution in [0.15, 0.2) is 136 Å². The molecule has 2 heterocycles. The number of anilines is 10. The third-order valence-electron chi connectivity index (χ3n) is 8.96. The molecule has 0 radical (unpaired) electrons. The van der Waals surface area contributed by atoms with E-state index in [1.807, 2.05) is 0 Å². The van der Waals surface area contributed by atoms with Crippen molar-refractivity contribution >= 4 is 145 Å². The summed E-state index contributed by atoms with van der Waals surface area (Å²) in [4.78, 5) is 19.2. The molecule has 386 valence electrons. The summed E-state index contributed by atoms with van der Waals surface area (Å²) in [7, 11) is -20.7. The molecule has 0 aliphatic heterocycles. The number of azo groups is 2. The van der Waals surface area contributed by atoms with Crippen LogP contribution < -0.4 is 186 Å². The van der Waals surface area contributed by atoms with Crippen LogP contribution in [0, 0.1) is 6.08 Å². The van der Waals surface area contributed by atoms with Crippen molar-refractivity contribution in [1.29, 1.82) is 0 Å². The molecule has 7 rings (SSSR count). The van der Waals surface area contributed by atoms with Crippen LogP contribution in [0.25, 0.3) is 0 Å². The van der Waals surface area contributed by atoms with Crippen LogP contribution in [-0.2, 0) is 49.8 Å². The zero-order valence-corrected chi connectivity index (χ0v) is 55.5. The first-order chi connectivity index (χ1) is 34.7. The zero-order chi connectivity index (χ0) is 53.8. The summed E-state index contributed by atoms with van der Waals surface area (Å²) < 4.78 is 163. The predicted octanol–water partition coefficient (Wildman–Crippen LogP) is -10.3. The van der Waals surface area contributed by atoms with E-state index < -0.39 is 112 Å². The van der Waals surface area contributed by atoms with Gasteiger partial charge in [0.2, 0.25) is 29.1 Å². The maximum atomic E-state index is 14.6. The molecule has 0 saturated heterocycles. The van der Waals surface area contributed by atoms with E-state index in [4.69, 9.17) is 23.1 Å². The molecule has 0 aliphatic carbocycles. The van der Waals surface area contributed by atoms with Crippen molar-refractivity contribution in [1.82, 2.24) is 29.9 Å². The summed E-state index contributed by atoms with van der Waals surface area (Å²) in [6, 6.07) is 16.4. The molecule has 0 aliphatic rings. The number of nitrogens with two attached hydrogens (primary N) is 2. The number of para-hydroxylation sites is 1. The second-order valence-corrected chi connectivity index (χ2v) is 20.4. The number of rotatable bonds is 19. The molecule has 0 fully saturated rings. The Labute approximate surface area is 565 Å². The van der Waals surface area contributed by atoms with Crippen molar-refractivity contribution in [3.63, 3.8) is 0 Å². The second-order valence-electron chi connectivity index (χ2n) is 13.9. The van der Waals surface area contributed by atoms with Gasteiger partial charge in [-0.25, -0.2) is 33.7 Å². The molecule has 8 N–H and O–H groups in total. The molecule has 43 heteroatoms. The first-order valence-corrected chi connectivity index (χ1v) is 25.9. The molecule has 0 amide bonds. The maximum absolute atomic E-state index is 14.6. The van der Waals surface area contributed by atoms with Gasteiger partial charge in [-0.1, -0.05) is 18.2 Å². The first-order valence-electron chi connectivity index (χ1n) is 19.2. The second kappa shape index (κ2) is 30.7. The normalized spacial score (nSPS) is 11.5. The quantitative estimate of drug-likeness (QED) is 0.00833. The Morgan fingerprint density at radius 3 is 1.59 bits per heavy atom. The van der Waals surface area contributed by atoms with Gasteiger partial charge in [-0.15, -0.1) is 20.5 Å². The van der Waals surface area contributed by atoms with Gasteiger partial charge < -0.3 is 56.2 Å². The smallest absolute Gasteiger partial charge is 0.744 e. The SMILES string of the molecule is Nc1c(N=Nc2cc(Nc3nc(Cl)nc(Nc4cccc(S(=O)(=O)[O-])c4)n3)ccc2S(=O)(=O)[O-])cc(S(=O)(=O)[O-])c(N)c1N=Nc1cc(Nc2nc(F)nc(Nc3ccccc3S(=O)(=O)[O-])n2)ccc1SOO[O-].[Na+].[Na+].[Na+].[Na+].[Na+]. The molecular weight excluding hydrogens is 1230 g/mol. The van der Waals surface area contributed by atoms with Crippen molar-refractivity contribution < 1.29 is 219 Å². The van der Waals surface area contributed by atoms with Crippen molar-refractivity contribution in [2.24, 2.45) is 20.5 Å². The van der Waals surface area contributed by atoms with Gasteiger partial charge in [-0.05, 0) is 84.4 Å². The summed E-state index contributed by atoms with van der Waals surface area (Å²) in [6.07, 6.45) is -1.39. The van der Waals surface area contributed by atoms with E-state index in [1.165, 1.54) is 42.5 Å². The third-order valence-corrected chi connectivity index (χ3v) is 13.3. The number of hydrogen-bond donors (Lipinski definition) is 6. The van der Waals surface area contributed by atoms with Gasteiger partial charge >= 0.3 is 154 Å². The Bertz CT molecular complexity index is 3920. The number of nitrogen functional groups attached to an aromatic ring is 2. The summed E-state index contributed by atoms with van der Waals surface area (Å²) in [6.45, 7) is 0. The largest absolute Gasteiger partial charge is 1.00 e. The fourth-order valence-corrected chi connectivity index (χ4v) is 8.83. The van der Waals surface area contributed by atoms with E-state index in [1.54, 1.807) is 0 Å². The van der Waals surface area contributed by atoms with E-state index in [0.29, 0.717) is 6.07 Å². The Morgan fingerprint density at radius 2 is 1.03 bits per heavy atom. The number of benzene rings is 5. The first kappa shape index (κ1) is 72.3. The molecular formula is C36H23ClFN16Na5O15S5. The molecule has 0 saturated carbocycles. The van der Waals surface area contributed by atoms with Gasteiger partial charge in [0.25, 0.3) is 0 Å². The van der Waals surface area contributed by atoms with Gasteiger partial charge in [0, 0.05) is 17.1 Å².